The van der Waals surface area contributed by atoms with E-state index in [-0.39, 0.29) is 11.6 Å². The minimum atomic E-state index is -0.323. The predicted octanol–water partition coefficient (Wildman–Crippen LogP) is 1.35. The normalized spacial score (nSPS) is 10.0. The molecule has 19 heavy (non-hydrogen) atoms. The number of nitrogens with one attached hydrogen (secondary N) is 2. The van der Waals surface area contributed by atoms with Crippen molar-refractivity contribution in [2.24, 2.45) is 5.84 Å². The number of carbonyl (C=O) groups is 1. The largest absolute Gasteiger partial charge is 0.347 e. The lowest BCUT2D eigenvalue weighted by molar-refractivity contribution is 0.0945. The summed E-state index contributed by atoms with van der Waals surface area (Å²) in [7, 11) is 0. The Morgan fingerprint density at radius 2 is 2.00 bits per heavy atom. The quantitative estimate of drug-likeness (QED) is 0.579. The number of nitrogens with two attached hydrogens (primary N) is 1. The summed E-state index contributed by atoms with van der Waals surface area (Å²) in [6, 6.07) is 10.4. The Hall–Kier alpha value is -2.18. The molecule has 4 N–H and O–H groups in total. The van der Waals surface area contributed by atoms with Crippen LogP contribution in [0.3, 0.4) is 0 Å². The van der Waals surface area contributed by atoms with Gasteiger partial charge in [0.1, 0.15) is 0 Å². The first-order valence-corrected chi connectivity index (χ1v) is 5.90. The molecule has 0 radical (unpaired) electrons. The Morgan fingerprint density at radius 1 is 1.21 bits per heavy atom. The summed E-state index contributed by atoms with van der Waals surface area (Å²) >= 11 is 5.99. The van der Waals surface area contributed by atoms with Gasteiger partial charge in [0.15, 0.2) is 11.5 Å². The van der Waals surface area contributed by atoms with Crippen LogP contribution in [0.1, 0.15) is 16.1 Å². The highest BCUT2D eigenvalue weighted by Crippen LogP contribution is 2.14. The van der Waals surface area contributed by atoms with Crippen LogP contribution in [-0.2, 0) is 6.54 Å². The van der Waals surface area contributed by atoms with Crippen molar-refractivity contribution in [3.05, 3.63) is 52.7 Å². The number of hydrazine groups is 1. The van der Waals surface area contributed by atoms with Crippen molar-refractivity contribution in [3.63, 3.8) is 0 Å². The van der Waals surface area contributed by atoms with E-state index in [0.717, 1.165) is 5.56 Å². The van der Waals surface area contributed by atoms with Gasteiger partial charge in [-0.3, -0.25) is 4.79 Å². The fourth-order valence-corrected chi connectivity index (χ4v) is 1.64. The van der Waals surface area contributed by atoms with Crippen LogP contribution in [0.4, 0.5) is 5.82 Å². The average Bonchev–Trinajstić information content (AvgIpc) is 2.46. The molecule has 0 aliphatic heterocycles. The van der Waals surface area contributed by atoms with Gasteiger partial charge in [-0.2, -0.15) is 0 Å². The minimum absolute atomic E-state index is 0.214. The number of nitrogen functional groups attached to an aromatic ring is 1. The van der Waals surface area contributed by atoms with Gasteiger partial charge in [0.2, 0.25) is 0 Å². The number of benzene rings is 1. The molecule has 1 heterocycles. The van der Waals surface area contributed by atoms with E-state index < -0.39 is 0 Å². The van der Waals surface area contributed by atoms with Crippen LogP contribution in [0.2, 0.25) is 5.02 Å². The van der Waals surface area contributed by atoms with Crippen molar-refractivity contribution in [2.45, 2.75) is 6.54 Å². The zero-order chi connectivity index (χ0) is 13.7. The maximum Gasteiger partial charge on any atom is 0.272 e. The van der Waals surface area contributed by atoms with Crippen LogP contribution < -0.4 is 16.6 Å². The predicted molar refractivity (Wildman–Crippen MR) is 72.5 cm³/mol. The van der Waals surface area contributed by atoms with E-state index in [2.05, 4.69) is 20.9 Å². The third kappa shape index (κ3) is 3.40. The molecule has 0 saturated carbocycles. The van der Waals surface area contributed by atoms with E-state index in [0.29, 0.717) is 17.4 Å². The van der Waals surface area contributed by atoms with Gasteiger partial charge in [-0.15, -0.1) is 10.2 Å². The van der Waals surface area contributed by atoms with Crippen molar-refractivity contribution < 1.29 is 4.79 Å². The second-order valence-corrected chi connectivity index (χ2v) is 4.13. The highest BCUT2D eigenvalue weighted by atomic mass is 35.5. The fourth-order valence-electron chi connectivity index (χ4n) is 1.44. The number of hydrogen-bond donors (Lipinski definition) is 3. The topological polar surface area (TPSA) is 92.9 Å². The van der Waals surface area contributed by atoms with Crippen LogP contribution in [0.5, 0.6) is 0 Å². The van der Waals surface area contributed by atoms with E-state index in [4.69, 9.17) is 17.4 Å². The van der Waals surface area contributed by atoms with Gasteiger partial charge >= 0.3 is 0 Å². The van der Waals surface area contributed by atoms with Crippen LogP contribution >= 0.6 is 11.6 Å². The Labute approximate surface area is 115 Å². The number of anilines is 1. The molecule has 2 aromatic rings. The van der Waals surface area contributed by atoms with Crippen molar-refractivity contribution in [3.8, 4) is 0 Å². The van der Waals surface area contributed by atoms with Crippen molar-refractivity contribution in [1.29, 1.82) is 0 Å². The van der Waals surface area contributed by atoms with Gasteiger partial charge in [0, 0.05) is 11.6 Å². The van der Waals surface area contributed by atoms with Gasteiger partial charge in [0.05, 0.1) is 0 Å². The molecule has 1 aromatic heterocycles. The molecule has 6 nitrogen and oxygen atoms in total. The van der Waals surface area contributed by atoms with Crippen molar-refractivity contribution in [2.75, 3.05) is 5.43 Å². The maximum atomic E-state index is 11.8. The highest BCUT2D eigenvalue weighted by molar-refractivity contribution is 6.31. The SMILES string of the molecule is NNc1ccc(C(=O)NCc2ccccc2Cl)nn1. The van der Waals surface area contributed by atoms with E-state index in [9.17, 15) is 4.79 Å². The molecule has 0 spiro atoms. The summed E-state index contributed by atoms with van der Waals surface area (Å²) in [6.07, 6.45) is 0. The third-order valence-corrected chi connectivity index (χ3v) is 2.81. The molecular weight excluding hydrogens is 266 g/mol. The van der Waals surface area contributed by atoms with Crippen LogP contribution in [0, 0.1) is 0 Å². The van der Waals surface area contributed by atoms with Gasteiger partial charge in [-0.05, 0) is 23.8 Å². The maximum absolute atomic E-state index is 11.8. The Kier molecular flexibility index (Phi) is 4.27. The van der Waals surface area contributed by atoms with E-state index in [1.165, 1.54) is 6.07 Å². The highest BCUT2D eigenvalue weighted by Gasteiger charge is 2.08. The third-order valence-electron chi connectivity index (χ3n) is 2.44. The summed E-state index contributed by atoms with van der Waals surface area (Å²) < 4.78 is 0. The number of halogens is 1. The summed E-state index contributed by atoms with van der Waals surface area (Å²) in [4.78, 5) is 11.8. The number of aromatic nitrogens is 2. The van der Waals surface area contributed by atoms with Gasteiger partial charge in [0.25, 0.3) is 5.91 Å². The fraction of sp³-hybridized carbons (Fsp3) is 0.0833. The molecule has 0 unspecified atom stereocenters. The zero-order valence-electron chi connectivity index (χ0n) is 9.93. The molecule has 2 rings (SSSR count). The minimum Gasteiger partial charge on any atom is -0.347 e. The van der Waals surface area contributed by atoms with Gasteiger partial charge < -0.3 is 10.7 Å². The number of carbonyl (C=O) groups excluding carboxylic acids is 1. The van der Waals surface area contributed by atoms with Crippen molar-refractivity contribution in [1.82, 2.24) is 15.5 Å². The Balaban J connectivity index is 1.99. The van der Waals surface area contributed by atoms with Gasteiger partial charge in [-0.1, -0.05) is 29.8 Å². The average molecular weight is 278 g/mol. The lowest BCUT2D eigenvalue weighted by Gasteiger charge is -2.06. The van der Waals surface area contributed by atoms with E-state index in [1.807, 2.05) is 18.2 Å². The molecule has 0 fully saturated rings. The van der Waals surface area contributed by atoms with E-state index in [1.54, 1.807) is 12.1 Å². The first kappa shape index (κ1) is 13.3. The summed E-state index contributed by atoms with van der Waals surface area (Å²) in [5, 5.41) is 10.8. The molecular formula is C12H12ClN5O. The molecule has 98 valence electrons. The molecule has 7 heteroatoms. The first-order chi connectivity index (χ1) is 9.20. The van der Waals surface area contributed by atoms with Gasteiger partial charge in [-0.25, -0.2) is 5.84 Å². The number of nitrogens with zero attached hydrogens (tertiary/aromatic N) is 2. The monoisotopic (exact) mass is 277 g/mol. The molecule has 1 aromatic carbocycles. The van der Waals surface area contributed by atoms with Crippen LogP contribution in [-0.4, -0.2) is 16.1 Å². The van der Waals surface area contributed by atoms with E-state index >= 15 is 0 Å². The molecule has 0 atom stereocenters. The smallest absolute Gasteiger partial charge is 0.272 e. The van der Waals surface area contributed by atoms with Crippen molar-refractivity contribution >= 4 is 23.3 Å². The number of rotatable bonds is 4. The molecule has 1 amide bonds. The second-order valence-electron chi connectivity index (χ2n) is 3.72. The Morgan fingerprint density at radius 3 is 2.63 bits per heavy atom. The van der Waals surface area contributed by atoms with Crippen LogP contribution in [0.15, 0.2) is 36.4 Å². The standard InChI is InChI=1S/C12H12ClN5O/c13-9-4-2-1-3-8(9)7-15-12(19)10-5-6-11(16-14)18-17-10/h1-6H,7,14H2,(H,15,19)(H,16,18). The second kappa shape index (κ2) is 6.12. The first-order valence-electron chi connectivity index (χ1n) is 5.52. The number of amides is 1. The molecule has 0 aliphatic carbocycles. The molecule has 0 saturated heterocycles. The summed E-state index contributed by atoms with van der Waals surface area (Å²) in [5.74, 6) is 5.23. The Bertz CT molecular complexity index is 573. The lowest BCUT2D eigenvalue weighted by Crippen LogP contribution is -2.24. The lowest BCUT2D eigenvalue weighted by atomic mass is 10.2. The summed E-state index contributed by atoms with van der Waals surface area (Å²) in [5.41, 5.74) is 3.39. The van der Waals surface area contributed by atoms with Crippen LogP contribution in [0.25, 0.3) is 0 Å². The molecule has 0 aliphatic rings. The number of hydrogen-bond acceptors (Lipinski definition) is 5. The zero-order valence-corrected chi connectivity index (χ0v) is 10.7. The summed E-state index contributed by atoms with van der Waals surface area (Å²) in [6.45, 7) is 0.330. The molecule has 0 bridgehead atoms.